The predicted octanol–water partition coefficient (Wildman–Crippen LogP) is 0.326. The maximum Gasteiger partial charge on any atom is 0.236 e. The molecule has 1 aliphatic rings. The van der Waals surface area contributed by atoms with Crippen LogP contribution in [-0.2, 0) is 4.79 Å². The summed E-state index contributed by atoms with van der Waals surface area (Å²) in [6.45, 7) is 5.97. The van der Waals surface area contributed by atoms with Crippen LogP contribution in [0.15, 0.2) is 0 Å². The molecule has 0 radical (unpaired) electrons. The van der Waals surface area contributed by atoms with E-state index in [4.69, 9.17) is 5.73 Å². The van der Waals surface area contributed by atoms with Crippen LogP contribution in [0.4, 0.5) is 0 Å². The summed E-state index contributed by atoms with van der Waals surface area (Å²) in [5, 5.41) is 2.88. The molecular formula is C11H23N3O. The van der Waals surface area contributed by atoms with E-state index in [1.54, 1.807) is 0 Å². The lowest BCUT2D eigenvalue weighted by atomic mass is 10.1. The summed E-state index contributed by atoms with van der Waals surface area (Å²) < 4.78 is 0. The number of nitrogens with zero attached hydrogens (tertiary/aromatic N) is 1. The molecule has 3 N–H and O–H groups in total. The number of hydrogen-bond donors (Lipinski definition) is 2. The van der Waals surface area contributed by atoms with Crippen molar-refractivity contribution in [3.05, 3.63) is 0 Å². The van der Waals surface area contributed by atoms with Gasteiger partial charge in [-0.1, -0.05) is 13.3 Å². The number of carbonyl (C=O) groups is 1. The Kier molecular flexibility index (Phi) is 5.65. The molecule has 1 rings (SSSR count). The third-order valence-corrected chi connectivity index (χ3v) is 2.95. The van der Waals surface area contributed by atoms with Gasteiger partial charge in [0.25, 0.3) is 0 Å². The molecule has 4 nitrogen and oxygen atoms in total. The second-order valence-electron chi connectivity index (χ2n) is 4.21. The SMILES string of the molecule is CC[C@@H](N)C(=O)NCCN1CCCCC1. The van der Waals surface area contributed by atoms with Gasteiger partial charge in [0.1, 0.15) is 0 Å². The van der Waals surface area contributed by atoms with Crippen molar-refractivity contribution in [2.75, 3.05) is 26.2 Å². The van der Waals surface area contributed by atoms with Crippen LogP contribution < -0.4 is 11.1 Å². The first-order valence-electron chi connectivity index (χ1n) is 5.99. The fraction of sp³-hybridized carbons (Fsp3) is 0.909. The third kappa shape index (κ3) is 4.62. The van der Waals surface area contributed by atoms with Gasteiger partial charge in [-0.3, -0.25) is 4.79 Å². The van der Waals surface area contributed by atoms with Gasteiger partial charge in [0.15, 0.2) is 0 Å². The van der Waals surface area contributed by atoms with E-state index in [0.717, 1.165) is 13.1 Å². The van der Waals surface area contributed by atoms with Crippen LogP contribution in [0.2, 0.25) is 0 Å². The molecule has 0 aromatic rings. The molecule has 1 amide bonds. The van der Waals surface area contributed by atoms with Gasteiger partial charge in [-0.15, -0.1) is 0 Å². The zero-order valence-corrected chi connectivity index (χ0v) is 9.67. The maximum atomic E-state index is 11.4. The highest BCUT2D eigenvalue weighted by molar-refractivity contribution is 5.81. The third-order valence-electron chi connectivity index (χ3n) is 2.95. The summed E-state index contributed by atoms with van der Waals surface area (Å²) >= 11 is 0. The predicted molar refractivity (Wildman–Crippen MR) is 61.6 cm³/mol. The lowest BCUT2D eigenvalue weighted by Crippen LogP contribution is -2.44. The minimum Gasteiger partial charge on any atom is -0.353 e. The quantitative estimate of drug-likeness (QED) is 0.692. The molecule has 15 heavy (non-hydrogen) atoms. The molecule has 0 aromatic carbocycles. The Morgan fingerprint density at radius 1 is 1.40 bits per heavy atom. The van der Waals surface area contributed by atoms with Gasteiger partial charge in [-0.05, 0) is 32.4 Å². The Balaban J connectivity index is 2.07. The van der Waals surface area contributed by atoms with E-state index in [2.05, 4.69) is 10.2 Å². The molecule has 0 bridgehead atoms. The van der Waals surface area contributed by atoms with Crippen LogP contribution in [0.5, 0.6) is 0 Å². The molecular weight excluding hydrogens is 190 g/mol. The van der Waals surface area contributed by atoms with Crippen molar-refractivity contribution in [2.45, 2.75) is 38.6 Å². The van der Waals surface area contributed by atoms with Crippen LogP contribution >= 0.6 is 0 Å². The average molecular weight is 213 g/mol. The maximum absolute atomic E-state index is 11.4. The van der Waals surface area contributed by atoms with Gasteiger partial charge >= 0.3 is 0 Å². The normalized spacial score (nSPS) is 19.9. The topological polar surface area (TPSA) is 58.4 Å². The smallest absolute Gasteiger partial charge is 0.236 e. The van der Waals surface area contributed by atoms with Crippen molar-refractivity contribution in [2.24, 2.45) is 5.73 Å². The monoisotopic (exact) mass is 213 g/mol. The standard InChI is InChI=1S/C11H23N3O/c1-2-10(12)11(15)13-6-9-14-7-4-3-5-8-14/h10H,2-9,12H2,1H3,(H,13,15)/t10-/m1/s1. The lowest BCUT2D eigenvalue weighted by Gasteiger charge is -2.26. The second-order valence-corrected chi connectivity index (χ2v) is 4.21. The van der Waals surface area contributed by atoms with Crippen molar-refractivity contribution in [1.29, 1.82) is 0 Å². The van der Waals surface area contributed by atoms with Gasteiger partial charge in [-0.2, -0.15) is 0 Å². The zero-order valence-electron chi connectivity index (χ0n) is 9.67. The van der Waals surface area contributed by atoms with Crippen LogP contribution in [0.3, 0.4) is 0 Å². The fourth-order valence-electron chi connectivity index (χ4n) is 1.84. The number of likely N-dealkylation sites (tertiary alicyclic amines) is 1. The summed E-state index contributed by atoms with van der Waals surface area (Å²) in [7, 11) is 0. The van der Waals surface area contributed by atoms with Gasteiger partial charge in [0.05, 0.1) is 6.04 Å². The van der Waals surface area contributed by atoms with Crippen molar-refractivity contribution in [3.8, 4) is 0 Å². The Bertz CT molecular complexity index is 190. The average Bonchev–Trinajstić information content (AvgIpc) is 2.29. The summed E-state index contributed by atoms with van der Waals surface area (Å²) in [4.78, 5) is 13.8. The minimum atomic E-state index is -0.341. The molecule has 1 atom stereocenters. The van der Waals surface area contributed by atoms with E-state index in [-0.39, 0.29) is 11.9 Å². The highest BCUT2D eigenvalue weighted by Gasteiger charge is 2.12. The number of nitrogens with two attached hydrogens (primary N) is 1. The number of nitrogens with one attached hydrogen (secondary N) is 1. The molecule has 0 unspecified atom stereocenters. The first-order valence-corrected chi connectivity index (χ1v) is 5.99. The number of piperidine rings is 1. The van der Waals surface area contributed by atoms with E-state index < -0.39 is 0 Å². The van der Waals surface area contributed by atoms with Crippen molar-refractivity contribution >= 4 is 5.91 Å². The Morgan fingerprint density at radius 3 is 2.67 bits per heavy atom. The summed E-state index contributed by atoms with van der Waals surface area (Å²) in [5.74, 6) is -0.0190. The van der Waals surface area contributed by atoms with E-state index in [1.807, 2.05) is 6.92 Å². The van der Waals surface area contributed by atoms with Gasteiger partial charge in [-0.25, -0.2) is 0 Å². The molecule has 0 aliphatic carbocycles. The summed E-state index contributed by atoms with van der Waals surface area (Å²) in [5.41, 5.74) is 5.61. The summed E-state index contributed by atoms with van der Waals surface area (Å²) in [6, 6.07) is -0.341. The van der Waals surface area contributed by atoms with Crippen LogP contribution in [0.25, 0.3) is 0 Å². The van der Waals surface area contributed by atoms with Crippen LogP contribution in [0, 0.1) is 0 Å². The van der Waals surface area contributed by atoms with Crippen molar-refractivity contribution in [3.63, 3.8) is 0 Å². The highest BCUT2D eigenvalue weighted by atomic mass is 16.2. The number of amides is 1. The van der Waals surface area contributed by atoms with Gasteiger partial charge in [0, 0.05) is 13.1 Å². The van der Waals surface area contributed by atoms with Crippen LogP contribution in [-0.4, -0.2) is 43.0 Å². The van der Waals surface area contributed by atoms with E-state index in [0.29, 0.717) is 6.42 Å². The lowest BCUT2D eigenvalue weighted by molar-refractivity contribution is -0.122. The van der Waals surface area contributed by atoms with Gasteiger partial charge in [0.2, 0.25) is 5.91 Å². The molecule has 0 saturated carbocycles. The van der Waals surface area contributed by atoms with Crippen molar-refractivity contribution in [1.82, 2.24) is 10.2 Å². The molecule has 1 saturated heterocycles. The fourth-order valence-corrected chi connectivity index (χ4v) is 1.84. The molecule has 0 spiro atoms. The zero-order chi connectivity index (χ0) is 11.1. The first-order chi connectivity index (χ1) is 7.24. The number of hydrogen-bond acceptors (Lipinski definition) is 3. The van der Waals surface area contributed by atoms with E-state index in [9.17, 15) is 4.79 Å². The van der Waals surface area contributed by atoms with Gasteiger partial charge < -0.3 is 16.0 Å². The highest BCUT2D eigenvalue weighted by Crippen LogP contribution is 2.07. The van der Waals surface area contributed by atoms with E-state index in [1.165, 1.54) is 32.4 Å². The largest absolute Gasteiger partial charge is 0.353 e. The Labute approximate surface area is 92.2 Å². The Hall–Kier alpha value is -0.610. The minimum absolute atomic E-state index is 0.0190. The Morgan fingerprint density at radius 2 is 2.07 bits per heavy atom. The molecule has 0 aromatic heterocycles. The number of rotatable bonds is 5. The molecule has 88 valence electrons. The molecule has 4 heteroatoms. The molecule has 1 fully saturated rings. The number of carbonyl (C=O) groups excluding carboxylic acids is 1. The molecule has 1 aliphatic heterocycles. The first kappa shape index (κ1) is 12.5. The molecule has 1 heterocycles. The second kappa shape index (κ2) is 6.80. The van der Waals surface area contributed by atoms with Crippen molar-refractivity contribution < 1.29 is 4.79 Å². The van der Waals surface area contributed by atoms with Crippen LogP contribution in [0.1, 0.15) is 32.6 Å². The summed E-state index contributed by atoms with van der Waals surface area (Å²) in [6.07, 6.45) is 4.64. The van der Waals surface area contributed by atoms with E-state index >= 15 is 0 Å².